The Labute approximate surface area is 128 Å². The molecule has 0 spiro atoms. The summed E-state index contributed by atoms with van der Waals surface area (Å²) in [5.74, 6) is -5.07. The Hall–Kier alpha value is -1.90. The Balaban J connectivity index is 2.08. The van der Waals surface area contributed by atoms with Gasteiger partial charge in [0.1, 0.15) is 5.75 Å². The van der Waals surface area contributed by atoms with E-state index in [2.05, 4.69) is 4.74 Å². The number of likely N-dealkylation sites (tertiary alicyclic amines) is 1. The minimum absolute atomic E-state index is 0.0246. The zero-order valence-electron chi connectivity index (χ0n) is 11.8. The highest BCUT2D eigenvalue weighted by Crippen LogP contribution is 2.38. The summed E-state index contributed by atoms with van der Waals surface area (Å²) in [7, 11) is 0. The van der Waals surface area contributed by atoms with E-state index in [1.807, 2.05) is 0 Å². The molecule has 0 aromatic heterocycles. The molecule has 1 aromatic carbocycles. The Kier molecular flexibility index (Phi) is 5.08. The number of ether oxygens (including phenoxy) is 1. The molecule has 0 amide bonds. The fourth-order valence-corrected chi connectivity index (χ4v) is 2.67. The Morgan fingerprint density at radius 3 is 2.57 bits per heavy atom. The fraction of sp³-hybridized carbons (Fsp3) is 0.500. The van der Waals surface area contributed by atoms with Crippen LogP contribution in [-0.2, 0) is 11.3 Å². The molecule has 0 saturated carbocycles. The van der Waals surface area contributed by atoms with E-state index in [1.165, 1.54) is 23.1 Å². The average molecular weight is 339 g/mol. The van der Waals surface area contributed by atoms with Crippen molar-refractivity contribution in [2.45, 2.75) is 19.3 Å². The van der Waals surface area contributed by atoms with Crippen molar-refractivity contribution in [3.63, 3.8) is 0 Å². The molecule has 1 aromatic rings. The van der Waals surface area contributed by atoms with Crippen molar-refractivity contribution in [2.24, 2.45) is 11.8 Å². The molecule has 23 heavy (non-hydrogen) atoms. The lowest BCUT2D eigenvalue weighted by Crippen LogP contribution is -2.33. The summed E-state index contributed by atoms with van der Waals surface area (Å²) in [6, 6.07) is 5.59. The summed E-state index contributed by atoms with van der Waals surface area (Å²) in [5.41, 5.74) is 0.468. The molecule has 0 bridgehead atoms. The minimum atomic E-state index is -4.60. The maximum absolute atomic E-state index is 12.9. The molecule has 2 rings (SSSR count). The first-order chi connectivity index (χ1) is 10.7. The molecular weight excluding hydrogens is 325 g/mol. The van der Waals surface area contributed by atoms with Gasteiger partial charge in [0.2, 0.25) is 0 Å². The third-order valence-corrected chi connectivity index (χ3v) is 3.66. The summed E-state index contributed by atoms with van der Waals surface area (Å²) in [6.45, 7) is -3.67. The molecule has 1 N–H and O–H groups in total. The van der Waals surface area contributed by atoms with Crippen LogP contribution in [0.3, 0.4) is 0 Å². The van der Waals surface area contributed by atoms with E-state index < -0.39 is 37.1 Å². The number of carboxylic acids is 1. The van der Waals surface area contributed by atoms with Crippen molar-refractivity contribution in [2.75, 3.05) is 13.1 Å². The molecule has 1 aliphatic heterocycles. The summed E-state index contributed by atoms with van der Waals surface area (Å²) in [6.07, 6.45) is -4.60. The van der Waals surface area contributed by atoms with Gasteiger partial charge < -0.3 is 9.84 Å². The first-order valence-corrected chi connectivity index (χ1v) is 6.72. The number of hydrogen-bond donors (Lipinski definition) is 1. The highest BCUT2D eigenvalue weighted by atomic mass is 19.4. The van der Waals surface area contributed by atoms with Gasteiger partial charge in [0, 0.05) is 19.6 Å². The number of carboxylic acid groups (broad SMARTS) is 1. The van der Waals surface area contributed by atoms with Crippen LogP contribution in [0.15, 0.2) is 24.3 Å². The highest BCUT2D eigenvalue weighted by molar-refractivity contribution is 5.71. The van der Waals surface area contributed by atoms with Crippen molar-refractivity contribution in [1.29, 1.82) is 0 Å². The molecule has 1 aliphatic rings. The van der Waals surface area contributed by atoms with Gasteiger partial charge in [0.25, 0.3) is 0 Å². The topological polar surface area (TPSA) is 49.8 Å². The van der Waals surface area contributed by atoms with Crippen molar-refractivity contribution in [1.82, 2.24) is 4.90 Å². The van der Waals surface area contributed by atoms with Crippen molar-refractivity contribution >= 4 is 5.97 Å². The van der Waals surface area contributed by atoms with Gasteiger partial charge in [-0.15, -0.1) is 0 Å². The van der Waals surface area contributed by atoms with Crippen LogP contribution in [0, 0.1) is 11.8 Å². The van der Waals surface area contributed by atoms with E-state index >= 15 is 0 Å². The fourth-order valence-electron chi connectivity index (χ4n) is 2.67. The van der Waals surface area contributed by atoms with Crippen molar-refractivity contribution in [3.05, 3.63) is 29.8 Å². The van der Waals surface area contributed by atoms with Gasteiger partial charge in [-0.25, -0.2) is 0 Å². The highest BCUT2D eigenvalue weighted by Gasteiger charge is 2.52. The lowest BCUT2D eigenvalue weighted by Gasteiger charge is -2.18. The molecular formula is C14H14F5NO3. The standard InChI is InChI=1S/C14H14F5NO3/c15-13(16)23-9-3-1-2-8(4-9)5-20-6-10(12(21)22)11(7-20)14(17,18)19/h1-4,10-11,13H,5-7H2,(H,21,22)/t10-,11-/m1/s1. The predicted molar refractivity (Wildman–Crippen MR) is 69.0 cm³/mol. The third kappa shape index (κ3) is 4.54. The molecule has 2 atom stereocenters. The smallest absolute Gasteiger partial charge is 0.393 e. The zero-order valence-corrected chi connectivity index (χ0v) is 11.8. The molecule has 9 heteroatoms. The van der Waals surface area contributed by atoms with Crippen molar-refractivity contribution < 1.29 is 36.6 Å². The Bertz CT molecular complexity index is 564. The summed E-state index contributed by atoms with van der Waals surface area (Å²) >= 11 is 0. The Morgan fingerprint density at radius 2 is 2.04 bits per heavy atom. The van der Waals surface area contributed by atoms with Gasteiger partial charge in [-0.1, -0.05) is 12.1 Å². The van der Waals surface area contributed by atoms with Gasteiger partial charge in [-0.05, 0) is 17.7 Å². The van der Waals surface area contributed by atoms with E-state index in [4.69, 9.17) is 5.11 Å². The second-order valence-corrected chi connectivity index (χ2v) is 5.31. The van der Waals surface area contributed by atoms with Gasteiger partial charge in [0.05, 0.1) is 11.8 Å². The number of carbonyl (C=O) groups is 1. The summed E-state index contributed by atoms with van der Waals surface area (Å²) < 4.78 is 67.2. The van der Waals surface area contributed by atoms with Crippen LogP contribution in [0.5, 0.6) is 5.75 Å². The molecule has 0 unspecified atom stereocenters. The number of alkyl halides is 5. The lowest BCUT2D eigenvalue weighted by atomic mass is 9.96. The van der Waals surface area contributed by atoms with Crippen LogP contribution in [0.4, 0.5) is 22.0 Å². The second kappa shape index (κ2) is 6.69. The number of benzene rings is 1. The van der Waals surface area contributed by atoms with Crippen LogP contribution in [0.25, 0.3) is 0 Å². The van der Waals surface area contributed by atoms with Crippen LogP contribution in [0.1, 0.15) is 5.56 Å². The normalized spacial score (nSPS) is 22.5. The van der Waals surface area contributed by atoms with Gasteiger partial charge in [-0.2, -0.15) is 22.0 Å². The van der Waals surface area contributed by atoms with Gasteiger partial charge in [-0.3, -0.25) is 9.69 Å². The SMILES string of the molecule is O=C(O)[C@@H]1CN(Cc2cccc(OC(F)F)c2)C[C@H]1C(F)(F)F. The van der Waals surface area contributed by atoms with Crippen LogP contribution >= 0.6 is 0 Å². The monoisotopic (exact) mass is 339 g/mol. The molecule has 1 saturated heterocycles. The quantitative estimate of drug-likeness (QED) is 0.838. The maximum Gasteiger partial charge on any atom is 0.393 e. The molecule has 1 fully saturated rings. The number of hydrogen-bond acceptors (Lipinski definition) is 3. The zero-order chi connectivity index (χ0) is 17.2. The van der Waals surface area contributed by atoms with Gasteiger partial charge in [0.15, 0.2) is 0 Å². The molecule has 128 valence electrons. The minimum Gasteiger partial charge on any atom is -0.481 e. The van der Waals surface area contributed by atoms with E-state index in [1.54, 1.807) is 6.07 Å². The average Bonchev–Trinajstić information content (AvgIpc) is 2.82. The van der Waals surface area contributed by atoms with E-state index in [-0.39, 0.29) is 18.8 Å². The van der Waals surface area contributed by atoms with Crippen LogP contribution in [0.2, 0.25) is 0 Å². The molecule has 0 radical (unpaired) electrons. The van der Waals surface area contributed by atoms with E-state index in [0.29, 0.717) is 5.56 Å². The number of nitrogens with zero attached hydrogens (tertiary/aromatic N) is 1. The van der Waals surface area contributed by atoms with E-state index in [9.17, 15) is 26.7 Å². The summed E-state index contributed by atoms with van der Waals surface area (Å²) in [5, 5.41) is 8.94. The third-order valence-electron chi connectivity index (χ3n) is 3.66. The Morgan fingerprint density at radius 1 is 1.35 bits per heavy atom. The number of rotatable bonds is 5. The maximum atomic E-state index is 12.9. The van der Waals surface area contributed by atoms with Gasteiger partial charge >= 0.3 is 18.8 Å². The first-order valence-electron chi connectivity index (χ1n) is 6.72. The van der Waals surface area contributed by atoms with Crippen molar-refractivity contribution in [3.8, 4) is 5.75 Å². The lowest BCUT2D eigenvalue weighted by molar-refractivity contribution is -0.188. The molecule has 1 heterocycles. The molecule has 4 nitrogen and oxygen atoms in total. The van der Waals surface area contributed by atoms with E-state index in [0.717, 1.165) is 0 Å². The van der Waals surface area contributed by atoms with Crippen LogP contribution in [-0.4, -0.2) is 41.9 Å². The number of halogens is 5. The van der Waals surface area contributed by atoms with Crippen LogP contribution < -0.4 is 4.74 Å². The predicted octanol–water partition coefficient (Wildman–Crippen LogP) is 2.98. The first kappa shape index (κ1) is 17.5. The largest absolute Gasteiger partial charge is 0.481 e. The number of aliphatic carboxylic acids is 1. The molecule has 0 aliphatic carbocycles. The second-order valence-electron chi connectivity index (χ2n) is 5.31. The summed E-state index contributed by atoms with van der Waals surface area (Å²) in [4.78, 5) is 12.3.